The van der Waals surface area contributed by atoms with E-state index in [-0.39, 0.29) is 11.6 Å². The molecule has 1 heterocycles. The van der Waals surface area contributed by atoms with Gasteiger partial charge in [0.15, 0.2) is 0 Å². The van der Waals surface area contributed by atoms with Crippen molar-refractivity contribution in [1.29, 1.82) is 0 Å². The Morgan fingerprint density at radius 3 is 2.45 bits per heavy atom. The van der Waals surface area contributed by atoms with E-state index in [4.69, 9.17) is 0 Å². The lowest BCUT2D eigenvalue weighted by molar-refractivity contribution is -0.384. The van der Waals surface area contributed by atoms with E-state index in [1.165, 1.54) is 31.4 Å². The number of nitro benzene ring substituents is 1. The Hall–Kier alpha value is -2.15. The first-order valence-electron chi connectivity index (χ1n) is 7.62. The van der Waals surface area contributed by atoms with Gasteiger partial charge in [-0.05, 0) is 38.1 Å². The van der Waals surface area contributed by atoms with Crippen LogP contribution in [0.15, 0.2) is 24.3 Å². The molecule has 0 spiro atoms. The van der Waals surface area contributed by atoms with Gasteiger partial charge in [-0.15, -0.1) is 0 Å². The van der Waals surface area contributed by atoms with E-state index in [1.54, 1.807) is 12.1 Å². The number of piperidine rings is 1. The van der Waals surface area contributed by atoms with Crippen LogP contribution in [-0.4, -0.2) is 48.5 Å². The predicted octanol–water partition coefficient (Wildman–Crippen LogP) is 1.61. The van der Waals surface area contributed by atoms with Gasteiger partial charge in [0.25, 0.3) is 5.69 Å². The highest BCUT2D eigenvalue weighted by atomic mass is 16.6. The molecule has 120 valence electrons. The van der Waals surface area contributed by atoms with Crippen LogP contribution in [0.3, 0.4) is 0 Å². The zero-order valence-electron chi connectivity index (χ0n) is 12.6. The molecule has 0 saturated carbocycles. The molecule has 0 aliphatic carbocycles. The molecule has 1 aliphatic heterocycles. The Labute approximate surface area is 129 Å². The number of carbonyl (C=O) groups excluding carboxylic acids is 1. The number of nitro groups is 1. The van der Waals surface area contributed by atoms with Crippen LogP contribution in [0.1, 0.15) is 19.3 Å². The highest BCUT2D eigenvalue weighted by Crippen LogP contribution is 2.14. The summed E-state index contributed by atoms with van der Waals surface area (Å²) in [6, 6.07) is 6.23. The Morgan fingerprint density at radius 2 is 1.82 bits per heavy atom. The van der Waals surface area contributed by atoms with Gasteiger partial charge < -0.3 is 10.6 Å². The molecular formula is C15H22N4O3. The molecule has 7 heteroatoms. The molecule has 2 N–H and O–H groups in total. The molecule has 0 bridgehead atoms. The van der Waals surface area contributed by atoms with Crippen molar-refractivity contribution in [3.63, 3.8) is 0 Å². The molecule has 7 nitrogen and oxygen atoms in total. The van der Waals surface area contributed by atoms with Gasteiger partial charge in [0.05, 0.1) is 11.5 Å². The summed E-state index contributed by atoms with van der Waals surface area (Å²) < 4.78 is 0. The van der Waals surface area contributed by atoms with Gasteiger partial charge in [-0.1, -0.05) is 6.42 Å². The minimum atomic E-state index is -0.426. The van der Waals surface area contributed by atoms with Crippen LogP contribution in [0.2, 0.25) is 0 Å². The van der Waals surface area contributed by atoms with E-state index < -0.39 is 4.92 Å². The molecule has 1 saturated heterocycles. The standard InChI is InChI=1S/C15H22N4O3/c20-15(12-18-10-2-1-3-11-18)17-9-8-16-13-4-6-14(7-5-13)19(21)22/h4-7,16H,1-3,8-12H2,(H,17,20). The van der Waals surface area contributed by atoms with Gasteiger partial charge in [0, 0.05) is 30.9 Å². The Kier molecular flexibility index (Phi) is 6.14. The van der Waals surface area contributed by atoms with Crippen LogP contribution in [0, 0.1) is 10.1 Å². The first-order valence-corrected chi connectivity index (χ1v) is 7.62. The molecule has 2 rings (SSSR count). The molecule has 0 aromatic heterocycles. The van der Waals surface area contributed by atoms with Gasteiger partial charge in [-0.25, -0.2) is 0 Å². The average molecular weight is 306 g/mol. The minimum Gasteiger partial charge on any atom is -0.383 e. The maximum Gasteiger partial charge on any atom is 0.269 e. The summed E-state index contributed by atoms with van der Waals surface area (Å²) in [6.45, 7) is 3.60. The molecular weight excluding hydrogens is 284 g/mol. The van der Waals surface area contributed by atoms with E-state index in [2.05, 4.69) is 15.5 Å². The van der Waals surface area contributed by atoms with Gasteiger partial charge in [0.1, 0.15) is 0 Å². The monoisotopic (exact) mass is 306 g/mol. The number of benzene rings is 1. The summed E-state index contributed by atoms with van der Waals surface area (Å²) in [4.78, 5) is 24.1. The van der Waals surface area contributed by atoms with Crippen LogP contribution >= 0.6 is 0 Å². The van der Waals surface area contributed by atoms with Crippen LogP contribution in [0.5, 0.6) is 0 Å². The summed E-state index contributed by atoms with van der Waals surface area (Å²) in [7, 11) is 0. The largest absolute Gasteiger partial charge is 0.383 e. The van der Waals surface area contributed by atoms with Gasteiger partial charge in [-0.3, -0.25) is 19.8 Å². The number of rotatable bonds is 7. The Bertz CT molecular complexity index is 498. The number of anilines is 1. The second kappa shape index (κ2) is 8.33. The molecule has 1 fully saturated rings. The third-order valence-corrected chi connectivity index (χ3v) is 3.67. The minimum absolute atomic E-state index is 0.0485. The highest BCUT2D eigenvalue weighted by Gasteiger charge is 2.13. The number of carbonyl (C=O) groups is 1. The molecule has 0 atom stereocenters. The number of likely N-dealkylation sites (tertiary alicyclic amines) is 1. The summed E-state index contributed by atoms with van der Waals surface area (Å²) >= 11 is 0. The summed E-state index contributed by atoms with van der Waals surface area (Å²) in [5.74, 6) is 0.0485. The van der Waals surface area contributed by atoms with Crippen molar-refractivity contribution in [1.82, 2.24) is 10.2 Å². The fourth-order valence-electron chi connectivity index (χ4n) is 2.49. The van der Waals surface area contributed by atoms with E-state index in [9.17, 15) is 14.9 Å². The average Bonchev–Trinajstić information content (AvgIpc) is 2.53. The second-order valence-corrected chi connectivity index (χ2v) is 5.42. The maximum atomic E-state index is 11.8. The van der Waals surface area contributed by atoms with Crippen LogP contribution < -0.4 is 10.6 Å². The maximum absolute atomic E-state index is 11.8. The summed E-state index contributed by atoms with van der Waals surface area (Å²) in [5, 5.41) is 16.5. The van der Waals surface area contributed by atoms with Crippen LogP contribution in [-0.2, 0) is 4.79 Å². The molecule has 1 amide bonds. The Balaban J connectivity index is 1.61. The molecule has 22 heavy (non-hydrogen) atoms. The zero-order valence-corrected chi connectivity index (χ0v) is 12.6. The van der Waals surface area contributed by atoms with Gasteiger partial charge in [-0.2, -0.15) is 0 Å². The second-order valence-electron chi connectivity index (χ2n) is 5.42. The number of hydrogen-bond acceptors (Lipinski definition) is 5. The molecule has 1 aliphatic rings. The number of nitrogens with one attached hydrogen (secondary N) is 2. The molecule has 1 aromatic carbocycles. The van der Waals surface area contributed by atoms with Crippen molar-refractivity contribution in [2.75, 3.05) is 38.0 Å². The highest BCUT2D eigenvalue weighted by molar-refractivity contribution is 5.78. The quantitative estimate of drug-likeness (QED) is 0.454. The van der Waals surface area contributed by atoms with Crippen LogP contribution in [0.4, 0.5) is 11.4 Å². The topological polar surface area (TPSA) is 87.5 Å². The number of nitrogens with zero attached hydrogens (tertiary/aromatic N) is 2. The van der Waals surface area contributed by atoms with Crippen LogP contribution in [0.25, 0.3) is 0 Å². The number of non-ortho nitro benzene ring substituents is 1. The van der Waals surface area contributed by atoms with Crippen molar-refractivity contribution in [2.24, 2.45) is 0 Å². The van der Waals surface area contributed by atoms with E-state index in [0.717, 1.165) is 18.8 Å². The lowest BCUT2D eigenvalue weighted by Gasteiger charge is -2.25. The van der Waals surface area contributed by atoms with Crippen molar-refractivity contribution in [3.8, 4) is 0 Å². The fourth-order valence-corrected chi connectivity index (χ4v) is 2.49. The zero-order chi connectivity index (χ0) is 15.8. The van der Waals surface area contributed by atoms with Crippen molar-refractivity contribution in [3.05, 3.63) is 34.4 Å². The summed E-state index contributed by atoms with van der Waals surface area (Å²) in [6.07, 6.45) is 3.61. The normalized spacial score (nSPS) is 15.3. The molecule has 0 radical (unpaired) electrons. The first-order chi connectivity index (χ1) is 10.6. The third kappa shape index (κ3) is 5.33. The van der Waals surface area contributed by atoms with Crippen molar-refractivity contribution >= 4 is 17.3 Å². The van der Waals surface area contributed by atoms with E-state index >= 15 is 0 Å². The third-order valence-electron chi connectivity index (χ3n) is 3.67. The van der Waals surface area contributed by atoms with Gasteiger partial charge in [0.2, 0.25) is 5.91 Å². The fraction of sp³-hybridized carbons (Fsp3) is 0.533. The van der Waals surface area contributed by atoms with Crippen molar-refractivity contribution in [2.45, 2.75) is 19.3 Å². The number of amides is 1. The Morgan fingerprint density at radius 1 is 1.14 bits per heavy atom. The lowest BCUT2D eigenvalue weighted by Crippen LogP contribution is -2.41. The lowest BCUT2D eigenvalue weighted by atomic mass is 10.1. The van der Waals surface area contributed by atoms with Gasteiger partial charge >= 0.3 is 0 Å². The number of hydrogen-bond donors (Lipinski definition) is 2. The van der Waals surface area contributed by atoms with E-state index in [0.29, 0.717) is 19.6 Å². The van der Waals surface area contributed by atoms with E-state index in [1.807, 2.05) is 0 Å². The predicted molar refractivity (Wildman–Crippen MR) is 84.9 cm³/mol. The molecule has 1 aromatic rings. The smallest absolute Gasteiger partial charge is 0.269 e. The first kappa shape index (κ1) is 16.2. The van der Waals surface area contributed by atoms with Crippen molar-refractivity contribution < 1.29 is 9.72 Å². The SMILES string of the molecule is O=C(CN1CCCCC1)NCCNc1ccc([N+](=O)[O-])cc1. The summed E-state index contributed by atoms with van der Waals surface area (Å²) in [5.41, 5.74) is 0.872. The molecule has 0 unspecified atom stereocenters.